The highest BCUT2D eigenvalue weighted by Gasteiger charge is 2.17. The zero-order valence-corrected chi connectivity index (χ0v) is 16.1. The summed E-state index contributed by atoms with van der Waals surface area (Å²) in [5, 5.41) is 5.74. The molecule has 0 fully saturated rings. The van der Waals surface area contributed by atoms with Crippen LogP contribution in [0.2, 0.25) is 0 Å². The van der Waals surface area contributed by atoms with Crippen LogP contribution in [0.15, 0.2) is 30.3 Å². The Balaban J connectivity index is 1.85. The number of nitrogens with one attached hydrogen (secondary N) is 1. The molecular formula is C22H25FN4. The molecule has 4 aromatic rings. The van der Waals surface area contributed by atoms with E-state index in [9.17, 15) is 4.39 Å². The van der Waals surface area contributed by atoms with Crippen molar-refractivity contribution in [2.75, 3.05) is 0 Å². The van der Waals surface area contributed by atoms with E-state index in [0.29, 0.717) is 5.56 Å². The van der Waals surface area contributed by atoms with Gasteiger partial charge in [-0.3, -0.25) is 0 Å². The number of aromatic nitrogens is 4. The Bertz CT molecular complexity index is 1110. The Morgan fingerprint density at radius 2 is 1.96 bits per heavy atom. The predicted molar refractivity (Wildman–Crippen MR) is 108 cm³/mol. The molecule has 0 bridgehead atoms. The van der Waals surface area contributed by atoms with Crippen molar-refractivity contribution in [3.8, 4) is 11.4 Å². The van der Waals surface area contributed by atoms with Gasteiger partial charge in [0.1, 0.15) is 12.4 Å². The third-order valence-electron chi connectivity index (χ3n) is 5.10. The molecule has 1 aromatic carbocycles. The van der Waals surface area contributed by atoms with Crippen LogP contribution in [0.3, 0.4) is 0 Å². The number of rotatable bonds is 6. The van der Waals surface area contributed by atoms with E-state index in [0.717, 1.165) is 52.2 Å². The molecule has 4 rings (SSSR count). The number of H-pyrrole nitrogens is 1. The van der Waals surface area contributed by atoms with E-state index in [1.807, 2.05) is 36.6 Å². The van der Waals surface area contributed by atoms with Crippen LogP contribution in [0.4, 0.5) is 4.39 Å². The van der Waals surface area contributed by atoms with Crippen molar-refractivity contribution < 1.29 is 4.39 Å². The second kappa shape index (κ2) is 7.14. The van der Waals surface area contributed by atoms with Crippen LogP contribution in [0, 0.1) is 13.8 Å². The quantitative estimate of drug-likeness (QED) is 0.446. The fourth-order valence-electron chi connectivity index (χ4n) is 3.78. The number of aryl methyl sites for hydroxylation is 3. The molecule has 4 nitrogen and oxygen atoms in total. The van der Waals surface area contributed by atoms with E-state index in [1.165, 1.54) is 18.4 Å². The number of fused-ring (bicyclic) bond motifs is 2. The number of aromatic amines is 1. The summed E-state index contributed by atoms with van der Waals surface area (Å²) >= 11 is 0. The molecule has 0 atom stereocenters. The first-order valence-corrected chi connectivity index (χ1v) is 9.64. The van der Waals surface area contributed by atoms with Crippen LogP contribution in [0.5, 0.6) is 0 Å². The SMILES string of the molecule is CCCCCc1cc(C)nn2c(-c3cc4cc(CF)ccc4[nH]3)c(C)nc12. The number of unbranched alkanes of at least 4 members (excludes halogenated alkanes) is 2. The first-order valence-electron chi connectivity index (χ1n) is 9.64. The summed E-state index contributed by atoms with van der Waals surface area (Å²) < 4.78 is 15.0. The van der Waals surface area contributed by atoms with Gasteiger partial charge >= 0.3 is 0 Å². The molecule has 0 spiro atoms. The van der Waals surface area contributed by atoms with Crippen LogP contribution >= 0.6 is 0 Å². The van der Waals surface area contributed by atoms with Crippen molar-refractivity contribution in [3.05, 3.63) is 52.8 Å². The number of hydrogen-bond acceptors (Lipinski definition) is 2. The minimum Gasteiger partial charge on any atom is -0.353 e. The molecule has 0 aliphatic rings. The van der Waals surface area contributed by atoms with Crippen molar-refractivity contribution in [2.45, 2.75) is 53.1 Å². The van der Waals surface area contributed by atoms with Gasteiger partial charge in [-0.2, -0.15) is 5.10 Å². The average molecular weight is 364 g/mol. The molecular weight excluding hydrogens is 339 g/mol. The van der Waals surface area contributed by atoms with Crippen molar-refractivity contribution in [2.24, 2.45) is 0 Å². The molecule has 0 aliphatic heterocycles. The van der Waals surface area contributed by atoms with E-state index < -0.39 is 6.67 Å². The summed E-state index contributed by atoms with van der Waals surface area (Å²) in [5.74, 6) is 0. The zero-order chi connectivity index (χ0) is 19.0. The van der Waals surface area contributed by atoms with Gasteiger partial charge in [-0.1, -0.05) is 25.8 Å². The number of hydrogen-bond donors (Lipinski definition) is 1. The summed E-state index contributed by atoms with van der Waals surface area (Å²) in [6.45, 7) is 5.82. The van der Waals surface area contributed by atoms with E-state index in [2.05, 4.69) is 24.0 Å². The average Bonchev–Trinajstić information content (AvgIpc) is 3.20. The predicted octanol–water partition coefficient (Wildman–Crippen LogP) is 5.70. The van der Waals surface area contributed by atoms with Gasteiger partial charge in [0.2, 0.25) is 0 Å². The molecule has 1 N–H and O–H groups in total. The highest BCUT2D eigenvalue weighted by molar-refractivity contribution is 5.86. The highest BCUT2D eigenvalue weighted by atomic mass is 19.1. The third kappa shape index (κ3) is 3.22. The molecule has 0 saturated carbocycles. The van der Waals surface area contributed by atoms with E-state index in [4.69, 9.17) is 10.1 Å². The Hall–Kier alpha value is -2.69. The van der Waals surface area contributed by atoms with Gasteiger partial charge in [0.25, 0.3) is 0 Å². The molecule has 27 heavy (non-hydrogen) atoms. The molecule has 3 aromatic heterocycles. The van der Waals surface area contributed by atoms with Gasteiger partial charge in [0, 0.05) is 10.9 Å². The smallest absolute Gasteiger partial charge is 0.157 e. The lowest BCUT2D eigenvalue weighted by Gasteiger charge is -2.06. The second-order valence-corrected chi connectivity index (χ2v) is 7.29. The van der Waals surface area contributed by atoms with Gasteiger partial charge in [0.15, 0.2) is 5.65 Å². The molecule has 3 heterocycles. The molecule has 0 radical (unpaired) electrons. The Kier molecular flexibility index (Phi) is 4.68. The number of imidazole rings is 1. The van der Waals surface area contributed by atoms with Gasteiger partial charge in [-0.05, 0) is 62.1 Å². The van der Waals surface area contributed by atoms with Crippen LogP contribution in [-0.2, 0) is 13.1 Å². The zero-order valence-electron chi connectivity index (χ0n) is 16.1. The third-order valence-corrected chi connectivity index (χ3v) is 5.10. The lowest BCUT2D eigenvalue weighted by Crippen LogP contribution is -2.01. The first-order chi connectivity index (χ1) is 13.1. The monoisotopic (exact) mass is 364 g/mol. The maximum absolute atomic E-state index is 13.0. The molecule has 0 aliphatic carbocycles. The summed E-state index contributed by atoms with van der Waals surface area (Å²) in [7, 11) is 0. The number of alkyl halides is 1. The fourth-order valence-corrected chi connectivity index (χ4v) is 3.78. The lowest BCUT2D eigenvalue weighted by molar-refractivity contribution is 0.485. The molecule has 0 amide bonds. The number of nitrogens with zero attached hydrogens (tertiary/aromatic N) is 3. The maximum Gasteiger partial charge on any atom is 0.157 e. The van der Waals surface area contributed by atoms with Crippen molar-refractivity contribution >= 4 is 16.6 Å². The van der Waals surface area contributed by atoms with E-state index >= 15 is 0 Å². The molecule has 140 valence electrons. The standard InChI is InChI=1S/C22H25FN4/c1-4-5-6-7-17-10-14(2)26-27-21(15(3)24-22(17)27)20-12-18-11-16(13-23)8-9-19(18)25-20/h8-12,25H,4-7,13H2,1-3H3. The van der Waals surface area contributed by atoms with Crippen LogP contribution < -0.4 is 0 Å². The summed E-state index contributed by atoms with van der Waals surface area (Å²) in [5.41, 5.74) is 7.74. The number of benzene rings is 1. The van der Waals surface area contributed by atoms with Gasteiger partial charge in [-0.15, -0.1) is 0 Å². The first kappa shape index (κ1) is 17.7. The van der Waals surface area contributed by atoms with Gasteiger partial charge < -0.3 is 4.98 Å². The Morgan fingerprint density at radius 3 is 2.74 bits per heavy atom. The van der Waals surface area contributed by atoms with Gasteiger partial charge in [-0.25, -0.2) is 13.9 Å². The van der Waals surface area contributed by atoms with Crippen LogP contribution in [-0.4, -0.2) is 19.6 Å². The molecule has 5 heteroatoms. The van der Waals surface area contributed by atoms with E-state index in [1.54, 1.807) is 0 Å². The minimum atomic E-state index is -0.451. The topological polar surface area (TPSA) is 46.0 Å². The summed E-state index contributed by atoms with van der Waals surface area (Å²) in [4.78, 5) is 8.28. The highest BCUT2D eigenvalue weighted by Crippen LogP contribution is 2.29. The molecule has 0 unspecified atom stereocenters. The second-order valence-electron chi connectivity index (χ2n) is 7.29. The fraction of sp³-hybridized carbons (Fsp3) is 0.364. The molecule has 0 saturated heterocycles. The van der Waals surface area contributed by atoms with Crippen LogP contribution in [0.1, 0.15) is 48.7 Å². The van der Waals surface area contributed by atoms with Crippen LogP contribution in [0.25, 0.3) is 27.9 Å². The van der Waals surface area contributed by atoms with Crippen molar-refractivity contribution in [1.29, 1.82) is 0 Å². The Labute approximate surface area is 158 Å². The summed E-state index contributed by atoms with van der Waals surface area (Å²) in [6, 6.07) is 9.85. The number of halogens is 1. The lowest BCUT2D eigenvalue weighted by atomic mass is 10.1. The normalized spacial score (nSPS) is 11.7. The van der Waals surface area contributed by atoms with Gasteiger partial charge in [0.05, 0.1) is 17.1 Å². The maximum atomic E-state index is 13.0. The summed E-state index contributed by atoms with van der Waals surface area (Å²) in [6.07, 6.45) is 4.60. The van der Waals surface area contributed by atoms with Crippen molar-refractivity contribution in [3.63, 3.8) is 0 Å². The Morgan fingerprint density at radius 1 is 1.11 bits per heavy atom. The van der Waals surface area contributed by atoms with E-state index in [-0.39, 0.29) is 0 Å². The minimum absolute atomic E-state index is 0.451. The van der Waals surface area contributed by atoms with Crippen molar-refractivity contribution in [1.82, 2.24) is 19.6 Å². The largest absolute Gasteiger partial charge is 0.353 e.